The number of aryl methyl sites for hydroxylation is 1. The minimum absolute atomic E-state index is 0.0195. The molecule has 120 valence electrons. The van der Waals surface area contributed by atoms with Gasteiger partial charge in [0.2, 0.25) is 0 Å². The number of hydrogen-bond acceptors (Lipinski definition) is 3. The predicted octanol–water partition coefficient (Wildman–Crippen LogP) is 3.83. The second kappa shape index (κ2) is 5.00. The standard InChI is InChI=1S/C19H26O3/c1-12-14(21-4)10-13-6-7-15-18(2,11-20)8-9-19(15,3)16(13)17(12)22-5/h10-11,15H,6-9H2,1-5H3/t15-,18-,19-/m0/s1. The summed E-state index contributed by atoms with van der Waals surface area (Å²) in [6, 6.07) is 2.17. The van der Waals surface area contributed by atoms with Crippen LogP contribution in [0.2, 0.25) is 0 Å². The number of rotatable bonds is 3. The van der Waals surface area contributed by atoms with Gasteiger partial charge in [-0.3, -0.25) is 0 Å². The van der Waals surface area contributed by atoms with E-state index in [1.165, 1.54) is 17.4 Å². The van der Waals surface area contributed by atoms with Crippen LogP contribution >= 0.6 is 0 Å². The maximum Gasteiger partial charge on any atom is 0.129 e. The van der Waals surface area contributed by atoms with Crippen LogP contribution < -0.4 is 9.47 Å². The summed E-state index contributed by atoms with van der Waals surface area (Å²) in [5.41, 5.74) is 3.52. The molecule has 0 radical (unpaired) electrons. The molecule has 22 heavy (non-hydrogen) atoms. The Hall–Kier alpha value is -1.51. The highest BCUT2D eigenvalue weighted by atomic mass is 16.5. The van der Waals surface area contributed by atoms with Crippen molar-refractivity contribution in [3.63, 3.8) is 0 Å². The van der Waals surface area contributed by atoms with Gasteiger partial charge in [0.25, 0.3) is 0 Å². The minimum atomic E-state index is -0.203. The van der Waals surface area contributed by atoms with Crippen LogP contribution in [-0.2, 0) is 16.6 Å². The van der Waals surface area contributed by atoms with E-state index in [1.54, 1.807) is 14.2 Å². The molecule has 0 heterocycles. The van der Waals surface area contributed by atoms with Crippen LogP contribution in [0.15, 0.2) is 6.07 Å². The lowest BCUT2D eigenvalue weighted by atomic mass is 9.61. The number of methoxy groups -OCH3 is 2. The van der Waals surface area contributed by atoms with Crippen molar-refractivity contribution in [2.75, 3.05) is 14.2 Å². The summed E-state index contributed by atoms with van der Waals surface area (Å²) in [6.45, 7) is 6.50. The van der Waals surface area contributed by atoms with Crippen LogP contribution in [0.5, 0.6) is 11.5 Å². The molecular weight excluding hydrogens is 276 g/mol. The highest BCUT2D eigenvalue weighted by Gasteiger charge is 2.56. The molecule has 1 saturated carbocycles. The van der Waals surface area contributed by atoms with E-state index in [-0.39, 0.29) is 10.8 Å². The maximum absolute atomic E-state index is 11.7. The molecule has 0 N–H and O–H groups in total. The number of ether oxygens (including phenoxy) is 2. The van der Waals surface area contributed by atoms with E-state index in [9.17, 15) is 4.79 Å². The maximum atomic E-state index is 11.7. The molecule has 0 spiro atoms. The SMILES string of the molecule is COc1cc2c(c(OC)c1C)[C@@]1(C)CC[C@@](C)(C=O)[C@@H]1CC2. The summed E-state index contributed by atoms with van der Waals surface area (Å²) in [4.78, 5) is 11.7. The van der Waals surface area contributed by atoms with Crippen molar-refractivity contribution in [1.29, 1.82) is 0 Å². The number of benzene rings is 1. The summed E-state index contributed by atoms with van der Waals surface area (Å²) in [7, 11) is 3.45. The first-order chi connectivity index (χ1) is 10.4. The van der Waals surface area contributed by atoms with Gasteiger partial charge in [-0.05, 0) is 50.2 Å². The second-order valence-electron chi connectivity index (χ2n) is 7.40. The average Bonchev–Trinajstić information content (AvgIpc) is 2.80. The van der Waals surface area contributed by atoms with Crippen molar-refractivity contribution in [1.82, 2.24) is 0 Å². The molecule has 3 nitrogen and oxygen atoms in total. The van der Waals surface area contributed by atoms with Crippen molar-refractivity contribution >= 4 is 6.29 Å². The van der Waals surface area contributed by atoms with Gasteiger partial charge < -0.3 is 14.3 Å². The molecule has 0 aliphatic heterocycles. The molecular formula is C19H26O3. The largest absolute Gasteiger partial charge is 0.496 e. The molecule has 0 saturated heterocycles. The molecule has 0 bridgehead atoms. The summed E-state index contributed by atoms with van der Waals surface area (Å²) >= 11 is 0. The molecule has 0 unspecified atom stereocenters. The molecule has 1 fully saturated rings. The Balaban J connectivity index is 2.23. The van der Waals surface area contributed by atoms with E-state index in [1.807, 2.05) is 0 Å². The first-order valence-corrected chi connectivity index (χ1v) is 8.12. The summed E-state index contributed by atoms with van der Waals surface area (Å²) < 4.78 is 11.3. The zero-order valence-corrected chi connectivity index (χ0v) is 14.3. The average molecular weight is 302 g/mol. The van der Waals surface area contributed by atoms with Gasteiger partial charge >= 0.3 is 0 Å². The zero-order chi connectivity index (χ0) is 16.1. The number of hydrogen-bond donors (Lipinski definition) is 0. The lowest BCUT2D eigenvalue weighted by Crippen LogP contribution is -2.40. The van der Waals surface area contributed by atoms with Crippen LogP contribution in [0, 0.1) is 18.3 Å². The van der Waals surface area contributed by atoms with Crippen LogP contribution in [-0.4, -0.2) is 20.5 Å². The van der Waals surface area contributed by atoms with Crippen LogP contribution in [0.4, 0.5) is 0 Å². The third-order valence-corrected chi connectivity index (χ3v) is 6.28. The summed E-state index contributed by atoms with van der Waals surface area (Å²) in [5, 5.41) is 0. The normalized spacial score (nSPS) is 33.0. The molecule has 3 atom stereocenters. The Morgan fingerprint density at radius 1 is 1.23 bits per heavy atom. The lowest BCUT2D eigenvalue weighted by molar-refractivity contribution is -0.117. The summed E-state index contributed by atoms with van der Waals surface area (Å²) in [5.74, 6) is 2.25. The number of carbonyl (C=O) groups is 1. The topological polar surface area (TPSA) is 35.5 Å². The van der Waals surface area contributed by atoms with Gasteiger partial charge in [0.15, 0.2) is 0 Å². The van der Waals surface area contributed by atoms with Gasteiger partial charge in [-0.1, -0.05) is 13.8 Å². The third kappa shape index (κ3) is 1.84. The van der Waals surface area contributed by atoms with E-state index in [0.717, 1.165) is 42.7 Å². The monoisotopic (exact) mass is 302 g/mol. The van der Waals surface area contributed by atoms with Crippen LogP contribution in [0.25, 0.3) is 0 Å². The lowest BCUT2D eigenvalue weighted by Gasteiger charge is -2.43. The van der Waals surface area contributed by atoms with E-state index in [2.05, 4.69) is 26.8 Å². The predicted molar refractivity (Wildman–Crippen MR) is 86.9 cm³/mol. The highest BCUT2D eigenvalue weighted by Crippen LogP contribution is 2.61. The van der Waals surface area contributed by atoms with Gasteiger partial charge in [-0.25, -0.2) is 0 Å². The van der Waals surface area contributed by atoms with E-state index in [0.29, 0.717) is 5.92 Å². The molecule has 0 amide bonds. The van der Waals surface area contributed by atoms with Crippen LogP contribution in [0.1, 0.15) is 49.8 Å². The molecule has 3 heteroatoms. The molecule has 1 aromatic carbocycles. The third-order valence-electron chi connectivity index (χ3n) is 6.28. The minimum Gasteiger partial charge on any atom is -0.496 e. The van der Waals surface area contributed by atoms with Crippen molar-refractivity contribution < 1.29 is 14.3 Å². The Labute approximate surface area is 133 Å². The fraction of sp³-hybridized carbons (Fsp3) is 0.632. The Bertz CT molecular complexity index is 622. The molecule has 2 aliphatic rings. The Morgan fingerprint density at radius 3 is 2.55 bits per heavy atom. The van der Waals surface area contributed by atoms with Crippen molar-refractivity contribution in [2.24, 2.45) is 11.3 Å². The van der Waals surface area contributed by atoms with Gasteiger partial charge in [0.05, 0.1) is 14.2 Å². The number of fused-ring (bicyclic) bond motifs is 3. The number of aldehydes is 1. The van der Waals surface area contributed by atoms with Gasteiger partial charge in [0.1, 0.15) is 17.8 Å². The zero-order valence-electron chi connectivity index (χ0n) is 14.3. The van der Waals surface area contributed by atoms with E-state index in [4.69, 9.17) is 9.47 Å². The Kier molecular flexibility index (Phi) is 3.50. The quantitative estimate of drug-likeness (QED) is 0.796. The summed E-state index contributed by atoms with van der Waals surface area (Å²) in [6.07, 6.45) is 5.25. The first kappa shape index (κ1) is 15.4. The van der Waals surface area contributed by atoms with Crippen molar-refractivity contribution in [3.8, 4) is 11.5 Å². The molecule has 3 rings (SSSR count). The van der Waals surface area contributed by atoms with Gasteiger partial charge in [0, 0.05) is 22.0 Å². The van der Waals surface area contributed by atoms with Crippen molar-refractivity contribution in [2.45, 2.75) is 51.9 Å². The molecule has 0 aromatic heterocycles. The highest BCUT2D eigenvalue weighted by molar-refractivity contribution is 5.64. The van der Waals surface area contributed by atoms with E-state index >= 15 is 0 Å². The molecule has 2 aliphatic carbocycles. The fourth-order valence-electron chi connectivity index (χ4n) is 5.07. The van der Waals surface area contributed by atoms with Crippen molar-refractivity contribution in [3.05, 3.63) is 22.8 Å². The second-order valence-corrected chi connectivity index (χ2v) is 7.40. The van der Waals surface area contributed by atoms with Gasteiger partial charge in [-0.15, -0.1) is 0 Å². The van der Waals surface area contributed by atoms with Crippen LogP contribution in [0.3, 0.4) is 0 Å². The smallest absolute Gasteiger partial charge is 0.129 e. The Morgan fingerprint density at radius 2 is 1.95 bits per heavy atom. The molecule has 1 aromatic rings. The van der Waals surface area contributed by atoms with Gasteiger partial charge in [-0.2, -0.15) is 0 Å². The van der Waals surface area contributed by atoms with E-state index < -0.39 is 0 Å². The number of carbonyl (C=O) groups excluding carboxylic acids is 1. The fourth-order valence-corrected chi connectivity index (χ4v) is 5.07. The first-order valence-electron chi connectivity index (χ1n) is 8.12.